The van der Waals surface area contributed by atoms with Crippen molar-refractivity contribution in [3.63, 3.8) is 0 Å². The number of benzene rings is 3. The normalized spacial score (nSPS) is 12.2. The molecule has 0 aliphatic carbocycles. The molecule has 0 bridgehead atoms. The van der Waals surface area contributed by atoms with Gasteiger partial charge in [-0.15, -0.1) is 0 Å². The van der Waals surface area contributed by atoms with Crippen LogP contribution in [0.4, 0.5) is 5.69 Å². The highest BCUT2D eigenvalue weighted by Crippen LogP contribution is 2.26. The van der Waals surface area contributed by atoms with Gasteiger partial charge in [0.05, 0.1) is 11.9 Å². The maximum atomic E-state index is 14.1. The fourth-order valence-corrected chi connectivity index (χ4v) is 5.53. The first-order chi connectivity index (χ1) is 18.9. The van der Waals surface area contributed by atoms with Gasteiger partial charge in [-0.1, -0.05) is 84.4 Å². The number of aryl methyl sites for hydroxylation is 1. The van der Waals surface area contributed by atoms with Crippen molar-refractivity contribution in [1.29, 1.82) is 0 Å². The maximum Gasteiger partial charge on any atom is 0.244 e. The maximum absolute atomic E-state index is 14.1. The Morgan fingerprint density at radius 3 is 2.15 bits per heavy atom. The molecule has 2 amide bonds. The summed E-state index contributed by atoms with van der Waals surface area (Å²) in [7, 11) is -3.81. The van der Waals surface area contributed by atoms with Crippen LogP contribution >= 0.6 is 15.9 Å². The van der Waals surface area contributed by atoms with E-state index in [1.54, 1.807) is 12.1 Å². The summed E-state index contributed by atoms with van der Waals surface area (Å²) in [6.45, 7) is 7.92. The zero-order valence-corrected chi connectivity index (χ0v) is 26.1. The van der Waals surface area contributed by atoms with Crippen LogP contribution in [0.3, 0.4) is 0 Å². The molecule has 0 saturated heterocycles. The molecule has 0 radical (unpaired) electrons. The van der Waals surface area contributed by atoms with Gasteiger partial charge in [0.1, 0.15) is 12.6 Å². The summed E-state index contributed by atoms with van der Waals surface area (Å²) in [6.07, 6.45) is 1.38. The number of amides is 2. The number of rotatable bonds is 12. The monoisotopic (exact) mass is 627 g/mol. The van der Waals surface area contributed by atoms with Gasteiger partial charge in [0.15, 0.2) is 0 Å². The first-order valence-electron chi connectivity index (χ1n) is 13.3. The van der Waals surface area contributed by atoms with E-state index in [1.165, 1.54) is 4.90 Å². The van der Waals surface area contributed by atoms with E-state index >= 15 is 0 Å². The zero-order chi connectivity index (χ0) is 29.4. The zero-order valence-electron chi connectivity index (χ0n) is 23.7. The third kappa shape index (κ3) is 8.66. The average Bonchev–Trinajstić information content (AvgIpc) is 2.90. The highest BCUT2D eigenvalue weighted by Gasteiger charge is 2.33. The first kappa shape index (κ1) is 31.4. The van der Waals surface area contributed by atoms with Crippen LogP contribution in [0.15, 0.2) is 77.3 Å². The van der Waals surface area contributed by atoms with Gasteiger partial charge < -0.3 is 10.2 Å². The van der Waals surface area contributed by atoms with Crippen molar-refractivity contribution in [3.05, 3.63) is 99.5 Å². The number of nitrogens with zero attached hydrogens (tertiary/aromatic N) is 2. The Bertz CT molecular complexity index is 1410. The molecule has 3 aromatic carbocycles. The van der Waals surface area contributed by atoms with Crippen molar-refractivity contribution >= 4 is 43.5 Å². The molecule has 9 heteroatoms. The summed E-state index contributed by atoms with van der Waals surface area (Å²) in [5, 5.41) is 2.99. The standard InChI is InChI=1S/C31H38BrN3O4S/c1-22(2)19-33-31(37)29(18-25-11-7-6-8-12-25)34(20-26-14-16-27(32)17-15-26)30(36)21-35(40(5,38)39)28-13-9-10-23(3)24(28)4/h6-17,22,29H,18-21H2,1-5H3,(H,33,37). The minimum Gasteiger partial charge on any atom is -0.354 e. The SMILES string of the molecule is Cc1cccc(N(CC(=O)N(Cc2ccc(Br)cc2)C(Cc2ccccc2)C(=O)NCC(C)C)S(C)(=O)=O)c1C. The van der Waals surface area contributed by atoms with Crippen molar-refractivity contribution in [3.8, 4) is 0 Å². The van der Waals surface area contributed by atoms with Crippen LogP contribution in [0.1, 0.15) is 36.1 Å². The Morgan fingerprint density at radius 1 is 0.900 bits per heavy atom. The van der Waals surface area contributed by atoms with Crippen LogP contribution in [0, 0.1) is 19.8 Å². The molecule has 0 fully saturated rings. The number of hydrogen-bond acceptors (Lipinski definition) is 4. The molecule has 0 aromatic heterocycles. The predicted molar refractivity (Wildman–Crippen MR) is 165 cm³/mol. The Labute approximate surface area is 246 Å². The Balaban J connectivity index is 2.07. The van der Waals surface area contributed by atoms with Gasteiger partial charge >= 0.3 is 0 Å². The topological polar surface area (TPSA) is 86.8 Å². The molecule has 1 unspecified atom stereocenters. The molecule has 40 heavy (non-hydrogen) atoms. The fourth-order valence-electron chi connectivity index (χ4n) is 4.36. The molecule has 7 nitrogen and oxygen atoms in total. The number of halogens is 1. The van der Waals surface area contributed by atoms with Gasteiger partial charge in [0.2, 0.25) is 21.8 Å². The van der Waals surface area contributed by atoms with Gasteiger partial charge in [0, 0.05) is 24.0 Å². The summed E-state index contributed by atoms with van der Waals surface area (Å²) < 4.78 is 28.0. The van der Waals surface area contributed by atoms with E-state index in [4.69, 9.17) is 0 Å². The highest BCUT2D eigenvalue weighted by molar-refractivity contribution is 9.10. The largest absolute Gasteiger partial charge is 0.354 e. The molecule has 0 aliphatic heterocycles. The summed E-state index contributed by atoms with van der Waals surface area (Å²) in [6, 6.07) is 21.6. The lowest BCUT2D eigenvalue weighted by atomic mass is 10.0. The molecule has 1 atom stereocenters. The molecule has 0 saturated carbocycles. The van der Waals surface area contributed by atoms with E-state index in [-0.39, 0.29) is 24.8 Å². The lowest BCUT2D eigenvalue weighted by Gasteiger charge is -2.34. The highest BCUT2D eigenvalue weighted by atomic mass is 79.9. The van der Waals surface area contributed by atoms with Crippen LogP contribution in [0.5, 0.6) is 0 Å². The van der Waals surface area contributed by atoms with E-state index in [2.05, 4.69) is 21.2 Å². The number of carbonyl (C=O) groups excluding carboxylic acids is 2. The minimum atomic E-state index is -3.81. The molecular weight excluding hydrogens is 590 g/mol. The lowest BCUT2D eigenvalue weighted by molar-refractivity contribution is -0.140. The molecule has 0 aliphatic rings. The Morgan fingerprint density at radius 2 is 1.55 bits per heavy atom. The lowest BCUT2D eigenvalue weighted by Crippen LogP contribution is -2.53. The summed E-state index contributed by atoms with van der Waals surface area (Å²) >= 11 is 3.45. The fraction of sp³-hybridized carbons (Fsp3) is 0.355. The predicted octanol–water partition coefficient (Wildman–Crippen LogP) is 5.24. The second-order valence-corrected chi connectivity index (χ2v) is 13.3. The van der Waals surface area contributed by atoms with Gasteiger partial charge in [-0.3, -0.25) is 13.9 Å². The summed E-state index contributed by atoms with van der Waals surface area (Å²) in [4.78, 5) is 29.3. The van der Waals surface area contributed by atoms with Crippen molar-refractivity contribution in [2.24, 2.45) is 5.92 Å². The van der Waals surface area contributed by atoms with Crippen LogP contribution in [-0.2, 0) is 32.6 Å². The van der Waals surface area contributed by atoms with Crippen molar-refractivity contribution in [1.82, 2.24) is 10.2 Å². The van der Waals surface area contributed by atoms with Crippen LogP contribution in [0.25, 0.3) is 0 Å². The van der Waals surface area contributed by atoms with Crippen LogP contribution < -0.4 is 9.62 Å². The number of nitrogens with one attached hydrogen (secondary N) is 1. The van der Waals surface area contributed by atoms with Gasteiger partial charge in [-0.25, -0.2) is 8.42 Å². The molecular formula is C31H38BrN3O4S. The second kappa shape index (κ2) is 13.9. The number of sulfonamides is 1. The Hall–Kier alpha value is -3.17. The molecule has 214 valence electrons. The third-order valence-corrected chi connectivity index (χ3v) is 8.40. The molecule has 0 spiro atoms. The smallest absolute Gasteiger partial charge is 0.244 e. The minimum absolute atomic E-state index is 0.142. The number of anilines is 1. The van der Waals surface area contributed by atoms with Crippen molar-refractivity contribution < 1.29 is 18.0 Å². The van der Waals surface area contributed by atoms with Crippen LogP contribution in [0.2, 0.25) is 0 Å². The van der Waals surface area contributed by atoms with Gasteiger partial charge in [-0.05, 0) is 60.2 Å². The van der Waals surface area contributed by atoms with Crippen LogP contribution in [-0.4, -0.2) is 50.5 Å². The van der Waals surface area contributed by atoms with Gasteiger partial charge in [0.25, 0.3) is 0 Å². The van der Waals surface area contributed by atoms with E-state index in [9.17, 15) is 18.0 Å². The van der Waals surface area contributed by atoms with Crippen molar-refractivity contribution in [2.45, 2.75) is 46.7 Å². The van der Waals surface area contributed by atoms with Gasteiger partial charge in [-0.2, -0.15) is 0 Å². The number of carbonyl (C=O) groups is 2. The molecule has 3 aromatic rings. The third-order valence-electron chi connectivity index (χ3n) is 6.75. The molecule has 3 rings (SSSR count). The molecule has 0 heterocycles. The van der Waals surface area contributed by atoms with E-state index in [1.807, 2.05) is 88.4 Å². The van der Waals surface area contributed by atoms with E-state index in [0.29, 0.717) is 12.2 Å². The van der Waals surface area contributed by atoms with Crippen molar-refractivity contribution in [2.75, 3.05) is 23.7 Å². The van der Waals surface area contributed by atoms with E-state index < -0.39 is 28.5 Å². The number of hydrogen-bond donors (Lipinski definition) is 1. The second-order valence-electron chi connectivity index (χ2n) is 10.5. The Kier molecular flexibility index (Phi) is 10.9. The summed E-state index contributed by atoms with van der Waals surface area (Å²) in [5.41, 5.74) is 3.86. The first-order valence-corrected chi connectivity index (χ1v) is 15.9. The summed E-state index contributed by atoms with van der Waals surface area (Å²) in [5.74, 6) is -0.516. The van der Waals surface area contributed by atoms with E-state index in [0.717, 1.165) is 37.3 Å². The quantitative estimate of drug-likeness (QED) is 0.297. The molecule has 1 N–H and O–H groups in total. The average molecular weight is 629 g/mol.